The van der Waals surface area contributed by atoms with Crippen molar-refractivity contribution >= 4 is 11.6 Å². The maximum absolute atomic E-state index is 12.2. The molecule has 0 bridgehead atoms. The van der Waals surface area contributed by atoms with E-state index in [1.165, 1.54) is 0 Å². The van der Waals surface area contributed by atoms with Crippen molar-refractivity contribution in [3.63, 3.8) is 0 Å². The molecule has 2 nitrogen and oxygen atoms in total. The standard InChI is InChI=1S/C15H16O2/c1-10(2)7-8-11-9-14(16)12-5-3-4-6-13(12)15(11)17/h3-6,11H,1,7-9H2,2H3. The summed E-state index contributed by atoms with van der Waals surface area (Å²) in [5.41, 5.74) is 2.24. The molecule has 1 aliphatic carbocycles. The lowest BCUT2D eigenvalue weighted by Crippen LogP contribution is -2.26. The van der Waals surface area contributed by atoms with Crippen molar-refractivity contribution in [2.45, 2.75) is 26.2 Å². The Kier molecular flexibility index (Phi) is 3.23. The minimum Gasteiger partial charge on any atom is -0.294 e. The van der Waals surface area contributed by atoms with E-state index in [1.54, 1.807) is 18.2 Å². The smallest absolute Gasteiger partial charge is 0.167 e. The molecule has 1 unspecified atom stereocenters. The molecule has 0 fully saturated rings. The van der Waals surface area contributed by atoms with Crippen molar-refractivity contribution in [3.05, 3.63) is 47.5 Å². The topological polar surface area (TPSA) is 34.1 Å². The van der Waals surface area contributed by atoms with Crippen LogP contribution in [0.2, 0.25) is 0 Å². The summed E-state index contributed by atoms with van der Waals surface area (Å²) in [6, 6.07) is 7.11. The van der Waals surface area contributed by atoms with Gasteiger partial charge < -0.3 is 0 Å². The summed E-state index contributed by atoms with van der Waals surface area (Å²) in [6.45, 7) is 5.78. The van der Waals surface area contributed by atoms with Crippen LogP contribution in [0, 0.1) is 5.92 Å². The average molecular weight is 228 g/mol. The molecule has 0 aromatic heterocycles. The number of carbonyl (C=O) groups is 2. The lowest BCUT2D eigenvalue weighted by Gasteiger charge is -2.22. The minimum atomic E-state index is -0.158. The molecule has 1 aliphatic rings. The van der Waals surface area contributed by atoms with Crippen LogP contribution >= 0.6 is 0 Å². The molecule has 1 aromatic carbocycles. The molecule has 0 amide bonds. The summed E-state index contributed by atoms with van der Waals surface area (Å²) in [4.78, 5) is 24.1. The Morgan fingerprint density at radius 3 is 2.59 bits per heavy atom. The Morgan fingerprint density at radius 2 is 1.94 bits per heavy atom. The van der Waals surface area contributed by atoms with E-state index in [-0.39, 0.29) is 17.5 Å². The second-order valence-electron chi connectivity index (χ2n) is 4.73. The molecule has 2 rings (SSSR count). The molecule has 0 saturated carbocycles. The van der Waals surface area contributed by atoms with Gasteiger partial charge >= 0.3 is 0 Å². The van der Waals surface area contributed by atoms with Crippen molar-refractivity contribution in [3.8, 4) is 0 Å². The van der Waals surface area contributed by atoms with Gasteiger partial charge in [0.25, 0.3) is 0 Å². The Labute approximate surface area is 101 Å². The van der Waals surface area contributed by atoms with Gasteiger partial charge in [0.05, 0.1) is 0 Å². The molecule has 0 heterocycles. The van der Waals surface area contributed by atoms with E-state index in [0.29, 0.717) is 17.5 Å². The van der Waals surface area contributed by atoms with Gasteiger partial charge in [-0.1, -0.05) is 29.8 Å². The Bertz CT molecular complexity index is 485. The molecule has 0 N–H and O–H groups in total. The molecule has 0 saturated heterocycles. The van der Waals surface area contributed by atoms with Gasteiger partial charge in [-0.3, -0.25) is 9.59 Å². The highest BCUT2D eigenvalue weighted by atomic mass is 16.1. The summed E-state index contributed by atoms with van der Waals surface area (Å²) >= 11 is 0. The van der Waals surface area contributed by atoms with E-state index in [2.05, 4.69) is 6.58 Å². The normalized spacial score (nSPS) is 19.0. The molecular weight excluding hydrogens is 212 g/mol. The number of Topliss-reactive ketones (excluding diaryl/α,β-unsaturated/α-hetero) is 2. The fourth-order valence-corrected chi connectivity index (χ4v) is 2.24. The Hall–Kier alpha value is -1.70. The maximum atomic E-state index is 12.2. The van der Waals surface area contributed by atoms with Crippen LogP contribution < -0.4 is 0 Å². The van der Waals surface area contributed by atoms with E-state index in [9.17, 15) is 9.59 Å². The third kappa shape index (κ3) is 2.36. The SMILES string of the molecule is C=C(C)CCC1CC(=O)c2ccccc2C1=O. The number of fused-ring (bicyclic) bond motifs is 1. The summed E-state index contributed by atoms with van der Waals surface area (Å²) in [5.74, 6) is 0.0439. The molecule has 2 heteroatoms. The van der Waals surface area contributed by atoms with E-state index >= 15 is 0 Å². The summed E-state index contributed by atoms with van der Waals surface area (Å²) in [6.07, 6.45) is 1.89. The van der Waals surface area contributed by atoms with Gasteiger partial charge in [0.1, 0.15) is 0 Å². The van der Waals surface area contributed by atoms with Crippen LogP contribution in [0.3, 0.4) is 0 Å². The third-order valence-electron chi connectivity index (χ3n) is 3.22. The van der Waals surface area contributed by atoms with E-state index in [4.69, 9.17) is 0 Å². The average Bonchev–Trinajstić information content (AvgIpc) is 2.32. The highest BCUT2D eigenvalue weighted by molar-refractivity contribution is 6.14. The van der Waals surface area contributed by atoms with Crippen molar-refractivity contribution in [1.29, 1.82) is 0 Å². The van der Waals surface area contributed by atoms with Gasteiger partial charge in [-0.05, 0) is 19.8 Å². The zero-order valence-electron chi connectivity index (χ0n) is 10.0. The lowest BCUT2D eigenvalue weighted by molar-refractivity contribution is 0.0817. The van der Waals surface area contributed by atoms with Gasteiger partial charge in [0, 0.05) is 23.5 Å². The molecule has 17 heavy (non-hydrogen) atoms. The van der Waals surface area contributed by atoms with Crippen molar-refractivity contribution in [2.75, 3.05) is 0 Å². The molecule has 1 atom stereocenters. The predicted octanol–water partition coefficient (Wildman–Crippen LogP) is 3.43. The minimum absolute atomic E-state index is 0.0897. The number of carbonyl (C=O) groups excluding carboxylic acids is 2. The number of ketones is 2. The fourth-order valence-electron chi connectivity index (χ4n) is 2.24. The second-order valence-corrected chi connectivity index (χ2v) is 4.73. The zero-order chi connectivity index (χ0) is 12.4. The van der Waals surface area contributed by atoms with Crippen LogP contribution in [-0.2, 0) is 0 Å². The maximum Gasteiger partial charge on any atom is 0.167 e. The number of allylic oxidation sites excluding steroid dienone is 1. The monoisotopic (exact) mass is 228 g/mol. The molecule has 1 aromatic rings. The van der Waals surface area contributed by atoms with Crippen LogP contribution in [-0.4, -0.2) is 11.6 Å². The second kappa shape index (κ2) is 4.66. The number of hydrogen-bond donors (Lipinski definition) is 0. The number of rotatable bonds is 3. The zero-order valence-corrected chi connectivity index (χ0v) is 10.0. The van der Waals surface area contributed by atoms with Crippen molar-refractivity contribution < 1.29 is 9.59 Å². The van der Waals surface area contributed by atoms with Gasteiger partial charge in [-0.25, -0.2) is 0 Å². The predicted molar refractivity (Wildman–Crippen MR) is 67.3 cm³/mol. The Morgan fingerprint density at radius 1 is 1.29 bits per heavy atom. The fraction of sp³-hybridized carbons (Fsp3) is 0.333. The summed E-state index contributed by atoms with van der Waals surface area (Å²) in [5, 5.41) is 0. The third-order valence-corrected chi connectivity index (χ3v) is 3.22. The molecular formula is C15H16O2. The summed E-state index contributed by atoms with van der Waals surface area (Å²) < 4.78 is 0. The van der Waals surface area contributed by atoms with Crippen molar-refractivity contribution in [2.24, 2.45) is 5.92 Å². The number of hydrogen-bond acceptors (Lipinski definition) is 2. The van der Waals surface area contributed by atoms with Gasteiger partial charge in [-0.2, -0.15) is 0 Å². The molecule has 0 aliphatic heterocycles. The van der Waals surface area contributed by atoms with E-state index in [1.807, 2.05) is 13.0 Å². The first-order valence-corrected chi connectivity index (χ1v) is 5.90. The molecule has 88 valence electrons. The largest absolute Gasteiger partial charge is 0.294 e. The molecule has 0 spiro atoms. The first-order valence-electron chi connectivity index (χ1n) is 5.90. The van der Waals surface area contributed by atoms with Gasteiger partial charge in [-0.15, -0.1) is 6.58 Å². The molecule has 0 radical (unpaired) electrons. The van der Waals surface area contributed by atoms with E-state index in [0.717, 1.165) is 18.4 Å². The van der Waals surface area contributed by atoms with Crippen LogP contribution in [0.5, 0.6) is 0 Å². The van der Waals surface area contributed by atoms with E-state index < -0.39 is 0 Å². The van der Waals surface area contributed by atoms with Gasteiger partial charge in [0.15, 0.2) is 11.6 Å². The summed E-state index contributed by atoms with van der Waals surface area (Å²) in [7, 11) is 0. The van der Waals surface area contributed by atoms with Crippen LogP contribution in [0.15, 0.2) is 36.4 Å². The first kappa shape index (κ1) is 11.8. The quantitative estimate of drug-likeness (QED) is 0.743. The highest BCUT2D eigenvalue weighted by Gasteiger charge is 2.31. The Balaban J connectivity index is 2.24. The van der Waals surface area contributed by atoms with Crippen molar-refractivity contribution in [1.82, 2.24) is 0 Å². The highest BCUT2D eigenvalue weighted by Crippen LogP contribution is 2.28. The van der Waals surface area contributed by atoms with Gasteiger partial charge in [0.2, 0.25) is 0 Å². The lowest BCUT2D eigenvalue weighted by atomic mass is 9.79. The van der Waals surface area contributed by atoms with Crippen LogP contribution in [0.1, 0.15) is 46.9 Å². The first-order chi connectivity index (χ1) is 8.09. The van der Waals surface area contributed by atoms with Crippen LogP contribution in [0.25, 0.3) is 0 Å². The number of benzene rings is 1. The van der Waals surface area contributed by atoms with Crippen LogP contribution in [0.4, 0.5) is 0 Å².